The molecule has 1 aromatic rings. The molecule has 1 amide bonds. The van der Waals surface area contributed by atoms with Crippen LogP contribution in [0.4, 0.5) is 18.0 Å². The SMILES string of the molecule is C[C@@H](CC(=N)C(=O)C(c1cccc(OC(F)(F)F)c1)C1(O)CCCCC1)NC(=O)O. The standard InChI is InChI=1S/C20H25F3N2O5/c1-12(25-18(27)28)10-15(24)17(26)16(19(29)8-3-2-4-9-19)13-6-5-7-14(11-13)30-20(21,22)23/h5-7,11-12,16,24-25,29H,2-4,8-10H2,1H3,(H,27,28)/t12-,16?/m0/s1. The van der Waals surface area contributed by atoms with Gasteiger partial charge in [-0.3, -0.25) is 4.79 Å². The van der Waals surface area contributed by atoms with Crippen molar-refractivity contribution in [2.75, 3.05) is 0 Å². The number of aliphatic hydroxyl groups is 1. The maximum atomic E-state index is 13.1. The maximum absolute atomic E-state index is 13.1. The zero-order chi connectivity index (χ0) is 22.5. The number of nitrogens with one attached hydrogen (secondary N) is 2. The number of ketones is 1. The summed E-state index contributed by atoms with van der Waals surface area (Å²) in [5.41, 5.74) is -1.81. The summed E-state index contributed by atoms with van der Waals surface area (Å²) in [4.78, 5) is 23.9. The lowest BCUT2D eigenvalue weighted by Crippen LogP contribution is -2.45. The van der Waals surface area contributed by atoms with Crippen molar-refractivity contribution in [2.24, 2.45) is 0 Å². The first-order chi connectivity index (χ1) is 13.9. The largest absolute Gasteiger partial charge is 0.573 e. The highest BCUT2D eigenvalue weighted by molar-refractivity contribution is 6.41. The van der Waals surface area contributed by atoms with Crippen molar-refractivity contribution in [3.05, 3.63) is 29.8 Å². The monoisotopic (exact) mass is 430 g/mol. The van der Waals surface area contributed by atoms with E-state index in [4.69, 9.17) is 10.5 Å². The average molecular weight is 430 g/mol. The van der Waals surface area contributed by atoms with Gasteiger partial charge in [-0.2, -0.15) is 0 Å². The van der Waals surface area contributed by atoms with E-state index < -0.39 is 47.3 Å². The third-order valence-corrected chi connectivity index (χ3v) is 5.12. The molecule has 2 atom stereocenters. The zero-order valence-electron chi connectivity index (χ0n) is 16.5. The molecule has 1 aliphatic carbocycles. The summed E-state index contributed by atoms with van der Waals surface area (Å²) >= 11 is 0. The smallest absolute Gasteiger partial charge is 0.465 e. The fraction of sp³-hybridized carbons (Fsp3) is 0.550. The van der Waals surface area contributed by atoms with E-state index in [1.165, 1.54) is 19.1 Å². The Morgan fingerprint density at radius 3 is 2.47 bits per heavy atom. The van der Waals surface area contributed by atoms with E-state index in [1.54, 1.807) is 0 Å². The Morgan fingerprint density at radius 1 is 1.27 bits per heavy atom. The van der Waals surface area contributed by atoms with Crippen molar-refractivity contribution in [1.82, 2.24) is 5.32 Å². The van der Waals surface area contributed by atoms with Crippen LogP contribution in [0.15, 0.2) is 24.3 Å². The van der Waals surface area contributed by atoms with E-state index in [2.05, 4.69) is 10.1 Å². The fourth-order valence-corrected chi connectivity index (χ4v) is 3.89. The van der Waals surface area contributed by atoms with Crippen LogP contribution in [0.3, 0.4) is 0 Å². The Morgan fingerprint density at radius 2 is 1.90 bits per heavy atom. The zero-order valence-corrected chi connectivity index (χ0v) is 16.5. The molecule has 1 fully saturated rings. The fourth-order valence-electron chi connectivity index (χ4n) is 3.89. The number of carbonyl (C=O) groups is 2. The highest BCUT2D eigenvalue weighted by Gasteiger charge is 2.44. The van der Waals surface area contributed by atoms with E-state index >= 15 is 0 Å². The number of benzene rings is 1. The van der Waals surface area contributed by atoms with Crippen LogP contribution in [0.25, 0.3) is 0 Å². The second kappa shape index (κ2) is 9.46. The summed E-state index contributed by atoms with van der Waals surface area (Å²) in [5.74, 6) is -2.52. The molecule has 4 N–H and O–H groups in total. The van der Waals surface area contributed by atoms with Crippen LogP contribution >= 0.6 is 0 Å². The number of carbonyl (C=O) groups excluding carboxylic acids is 1. The molecule has 0 bridgehead atoms. The van der Waals surface area contributed by atoms with Gasteiger partial charge in [-0.05, 0) is 37.5 Å². The number of Topliss-reactive ketones (excluding diaryl/α,β-unsaturated/α-hetero) is 1. The number of ether oxygens (including phenoxy) is 1. The van der Waals surface area contributed by atoms with Gasteiger partial charge in [0.15, 0.2) is 5.78 Å². The minimum absolute atomic E-state index is 0.120. The number of rotatable bonds is 8. The lowest BCUT2D eigenvalue weighted by atomic mass is 9.70. The number of hydrogen-bond donors (Lipinski definition) is 4. The third-order valence-electron chi connectivity index (χ3n) is 5.12. The molecule has 0 saturated heterocycles. The summed E-state index contributed by atoms with van der Waals surface area (Å²) in [6, 6.07) is 4.13. The molecule has 7 nitrogen and oxygen atoms in total. The van der Waals surface area contributed by atoms with Crippen molar-refractivity contribution in [3.8, 4) is 5.75 Å². The van der Waals surface area contributed by atoms with Gasteiger partial charge in [0.1, 0.15) is 5.75 Å². The quantitative estimate of drug-likeness (QED) is 0.465. The Bertz CT molecular complexity index is 791. The van der Waals surface area contributed by atoms with Gasteiger partial charge >= 0.3 is 12.5 Å². The summed E-state index contributed by atoms with van der Waals surface area (Å²) in [7, 11) is 0. The normalized spacial score (nSPS) is 18.2. The van der Waals surface area contributed by atoms with E-state index in [0.717, 1.165) is 18.6 Å². The lowest BCUT2D eigenvalue weighted by Gasteiger charge is -2.39. The van der Waals surface area contributed by atoms with Crippen LogP contribution in [0.5, 0.6) is 5.75 Å². The molecule has 1 saturated carbocycles. The van der Waals surface area contributed by atoms with E-state index in [-0.39, 0.29) is 24.8 Å². The van der Waals surface area contributed by atoms with Gasteiger partial charge in [0.2, 0.25) is 0 Å². The van der Waals surface area contributed by atoms with Crippen LogP contribution in [0.1, 0.15) is 56.9 Å². The molecule has 0 radical (unpaired) electrons. The molecule has 166 valence electrons. The Labute approximate surface area is 171 Å². The van der Waals surface area contributed by atoms with Crippen molar-refractivity contribution in [2.45, 2.75) is 69.4 Å². The highest BCUT2D eigenvalue weighted by atomic mass is 19.4. The molecule has 2 rings (SSSR count). The lowest BCUT2D eigenvalue weighted by molar-refractivity contribution is -0.274. The molecular weight excluding hydrogens is 405 g/mol. The predicted molar refractivity (Wildman–Crippen MR) is 102 cm³/mol. The minimum Gasteiger partial charge on any atom is -0.465 e. The first kappa shape index (κ1) is 23.7. The summed E-state index contributed by atoms with van der Waals surface area (Å²) in [5, 5.41) is 30.3. The Balaban J connectivity index is 2.36. The molecule has 1 aliphatic rings. The van der Waals surface area contributed by atoms with Crippen LogP contribution in [0, 0.1) is 5.41 Å². The van der Waals surface area contributed by atoms with Crippen LogP contribution in [0.2, 0.25) is 0 Å². The first-order valence-corrected chi connectivity index (χ1v) is 9.60. The minimum atomic E-state index is -4.91. The molecule has 0 aromatic heterocycles. The average Bonchev–Trinajstić information content (AvgIpc) is 2.60. The van der Waals surface area contributed by atoms with Gasteiger partial charge in [0.25, 0.3) is 0 Å². The van der Waals surface area contributed by atoms with E-state index in [1.807, 2.05) is 0 Å². The predicted octanol–water partition coefficient (Wildman–Crippen LogP) is 4.00. The Hall–Kier alpha value is -2.62. The van der Waals surface area contributed by atoms with E-state index in [9.17, 15) is 27.9 Å². The molecule has 1 aromatic carbocycles. The summed E-state index contributed by atoms with van der Waals surface area (Å²) in [6.45, 7) is 1.48. The van der Waals surface area contributed by atoms with Crippen molar-refractivity contribution in [3.63, 3.8) is 0 Å². The van der Waals surface area contributed by atoms with Gasteiger partial charge in [-0.1, -0.05) is 31.4 Å². The molecule has 0 heterocycles. The maximum Gasteiger partial charge on any atom is 0.573 e. The summed E-state index contributed by atoms with van der Waals surface area (Å²) < 4.78 is 41.8. The molecular formula is C20H25F3N2O5. The van der Waals surface area contributed by atoms with E-state index in [0.29, 0.717) is 12.8 Å². The van der Waals surface area contributed by atoms with Gasteiger partial charge < -0.3 is 25.7 Å². The van der Waals surface area contributed by atoms with Gasteiger partial charge in [0, 0.05) is 12.5 Å². The summed E-state index contributed by atoms with van der Waals surface area (Å²) in [6.07, 6.45) is -3.75. The highest BCUT2D eigenvalue weighted by Crippen LogP contribution is 2.42. The number of alkyl halides is 3. The van der Waals surface area contributed by atoms with Crippen molar-refractivity contribution < 1.29 is 37.7 Å². The van der Waals surface area contributed by atoms with Crippen LogP contribution in [-0.2, 0) is 4.79 Å². The van der Waals surface area contributed by atoms with Gasteiger partial charge in [-0.25, -0.2) is 4.79 Å². The van der Waals surface area contributed by atoms with Crippen LogP contribution < -0.4 is 10.1 Å². The van der Waals surface area contributed by atoms with Gasteiger partial charge in [0.05, 0.1) is 17.2 Å². The topological polar surface area (TPSA) is 120 Å². The third kappa shape index (κ3) is 6.45. The second-order valence-electron chi connectivity index (χ2n) is 7.62. The molecule has 1 unspecified atom stereocenters. The Kier molecular flexibility index (Phi) is 7.46. The molecule has 0 spiro atoms. The molecule has 30 heavy (non-hydrogen) atoms. The molecule has 10 heteroatoms. The number of carboxylic acid groups (broad SMARTS) is 1. The molecule has 0 aliphatic heterocycles. The van der Waals surface area contributed by atoms with Crippen molar-refractivity contribution >= 4 is 17.6 Å². The van der Waals surface area contributed by atoms with Crippen molar-refractivity contribution in [1.29, 1.82) is 5.41 Å². The number of hydrogen-bond acceptors (Lipinski definition) is 5. The first-order valence-electron chi connectivity index (χ1n) is 9.60. The second-order valence-corrected chi connectivity index (χ2v) is 7.62. The number of halogens is 3. The van der Waals surface area contributed by atoms with Crippen LogP contribution in [-0.4, -0.2) is 45.8 Å². The van der Waals surface area contributed by atoms with Gasteiger partial charge in [-0.15, -0.1) is 13.2 Å². The number of amides is 1.